The van der Waals surface area contributed by atoms with Crippen molar-refractivity contribution < 1.29 is 59.1 Å². The molecule has 0 aliphatic rings. The lowest BCUT2D eigenvalue weighted by Gasteiger charge is -2.28. The van der Waals surface area contributed by atoms with Crippen LogP contribution in [0.1, 0.15) is 11.1 Å². The number of aromatic nitrogens is 2. The summed E-state index contributed by atoms with van der Waals surface area (Å²) in [5, 5.41) is 54.6. The minimum absolute atomic E-state index is 0.0532. The number of hydrogen-bond donors (Lipinski definition) is 9. The second-order valence-electron chi connectivity index (χ2n) is 12.9. The molecule has 19 heteroatoms. The third kappa shape index (κ3) is 12.9. The van der Waals surface area contributed by atoms with Gasteiger partial charge in [-0.1, -0.05) is 36.4 Å². The van der Waals surface area contributed by atoms with Crippen LogP contribution in [-0.4, -0.2) is 163 Å². The number of aliphatic carboxylic acids is 5. The maximum atomic E-state index is 13.0. The fourth-order valence-electron chi connectivity index (χ4n) is 6.16. The van der Waals surface area contributed by atoms with Crippen LogP contribution >= 0.6 is 0 Å². The molecule has 9 N–H and O–H groups in total. The highest BCUT2D eigenvalue weighted by atomic mass is 16.4. The van der Waals surface area contributed by atoms with Crippen molar-refractivity contribution in [1.29, 1.82) is 0 Å². The second-order valence-corrected chi connectivity index (χ2v) is 12.9. The van der Waals surface area contributed by atoms with Crippen LogP contribution in [0.25, 0.3) is 21.8 Å². The maximum absolute atomic E-state index is 13.0. The number of fused-ring (bicyclic) bond motifs is 2. The highest BCUT2D eigenvalue weighted by Crippen LogP contribution is 2.20. The molecule has 4 rings (SSSR count). The summed E-state index contributed by atoms with van der Waals surface area (Å²) in [6.45, 7) is -3.41. The molecule has 0 saturated heterocycles. The lowest BCUT2D eigenvalue weighted by atomic mass is 10.0. The number of rotatable bonds is 24. The minimum atomic E-state index is -1.33. The molecule has 294 valence electrons. The van der Waals surface area contributed by atoms with E-state index in [1.54, 1.807) is 36.7 Å². The molecule has 2 heterocycles. The van der Waals surface area contributed by atoms with Crippen molar-refractivity contribution in [2.24, 2.45) is 0 Å². The number of para-hydroxylation sites is 2. The van der Waals surface area contributed by atoms with Crippen LogP contribution in [0.5, 0.6) is 0 Å². The number of H-pyrrole nitrogens is 2. The van der Waals surface area contributed by atoms with Crippen molar-refractivity contribution in [1.82, 2.24) is 35.3 Å². The Bertz CT molecular complexity index is 1880. The summed E-state index contributed by atoms with van der Waals surface area (Å²) in [6.07, 6.45) is 3.18. The fourth-order valence-corrected chi connectivity index (χ4v) is 6.16. The first kappa shape index (κ1) is 41.4. The average Bonchev–Trinajstić information content (AvgIpc) is 3.71. The smallest absolute Gasteiger partial charge is 0.326 e. The van der Waals surface area contributed by atoms with Crippen LogP contribution in [-0.2, 0) is 46.4 Å². The van der Waals surface area contributed by atoms with Gasteiger partial charge in [0.15, 0.2) is 0 Å². The lowest BCUT2D eigenvalue weighted by molar-refractivity contribution is -0.143. The van der Waals surface area contributed by atoms with Crippen molar-refractivity contribution in [3.8, 4) is 0 Å². The SMILES string of the molecule is O=C(O)CN(CCN(CC(=O)O)CC(=O)N[C@@H](Cc1c[nH]c2ccccc12)C(=O)O)CCN(CC(=O)O)CC(=O)N[C@H](Cc1c[nH]c2ccccc12)C(=O)O. The van der Waals surface area contributed by atoms with E-state index < -0.39 is 86.5 Å². The summed E-state index contributed by atoms with van der Waals surface area (Å²) in [4.78, 5) is 94.9. The molecule has 4 aromatic rings. The highest BCUT2D eigenvalue weighted by molar-refractivity contribution is 5.89. The third-order valence-corrected chi connectivity index (χ3v) is 8.74. The Hall–Kier alpha value is -6.31. The molecule has 0 saturated carbocycles. The largest absolute Gasteiger partial charge is 0.480 e. The Morgan fingerprint density at radius 3 is 1.22 bits per heavy atom. The number of hydrogen-bond acceptors (Lipinski definition) is 10. The van der Waals surface area contributed by atoms with Crippen molar-refractivity contribution in [3.63, 3.8) is 0 Å². The number of carbonyl (C=O) groups excluding carboxylic acids is 2. The van der Waals surface area contributed by atoms with Gasteiger partial charge in [0.25, 0.3) is 0 Å². The molecule has 0 unspecified atom stereocenters. The van der Waals surface area contributed by atoms with Crippen LogP contribution in [0.15, 0.2) is 60.9 Å². The predicted octanol–water partition coefficient (Wildman–Crippen LogP) is -0.267. The van der Waals surface area contributed by atoms with E-state index in [9.17, 15) is 59.1 Å². The van der Waals surface area contributed by atoms with Gasteiger partial charge in [-0.3, -0.25) is 38.7 Å². The number of carboxylic acids is 5. The van der Waals surface area contributed by atoms with Gasteiger partial charge in [0.05, 0.1) is 32.7 Å². The molecule has 0 bridgehead atoms. The zero-order chi connectivity index (χ0) is 40.1. The van der Waals surface area contributed by atoms with Crippen molar-refractivity contribution >= 4 is 63.5 Å². The number of aromatic amines is 2. The number of nitrogens with one attached hydrogen (secondary N) is 4. The normalized spacial score (nSPS) is 12.6. The quantitative estimate of drug-likeness (QED) is 0.0444. The summed E-state index contributed by atoms with van der Waals surface area (Å²) >= 11 is 0. The molecule has 2 aromatic carbocycles. The van der Waals surface area contributed by atoms with Gasteiger partial charge >= 0.3 is 29.8 Å². The summed E-state index contributed by atoms with van der Waals surface area (Å²) < 4.78 is 0. The Morgan fingerprint density at radius 1 is 0.509 bits per heavy atom. The first-order valence-electron chi connectivity index (χ1n) is 17.1. The van der Waals surface area contributed by atoms with Gasteiger partial charge in [0, 0.05) is 73.2 Å². The van der Waals surface area contributed by atoms with Crippen molar-refractivity contribution in [2.75, 3.05) is 58.9 Å². The van der Waals surface area contributed by atoms with Crippen LogP contribution in [0.3, 0.4) is 0 Å². The molecule has 0 fully saturated rings. The molecule has 0 radical (unpaired) electrons. The van der Waals surface area contributed by atoms with E-state index in [0.29, 0.717) is 11.1 Å². The lowest BCUT2D eigenvalue weighted by Crippen LogP contribution is -2.50. The number of benzene rings is 2. The molecular formula is C36H43N7O12. The van der Waals surface area contributed by atoms with Crippen LogP contribution in [0.4, 0.5) is 0 Å². The molecule has 55 heavy (non-hydrogen) atoms. The molecular weight excluding hydrogens is 722 g/mol. The molecule has 2 amide bonds. The predicted molar refractivity (Wildman–Crippen MR) is 195 cm³/mol. The van der Waals surface area contributed by atoms with Gasteiger partial charge in [-0.05, 0) is 23.3 Å². The van der Waals surface area contributed by atoms with E-state index in [0.717, 1.165) is 21.8 Å². The number of carbonyl (C=O) groups is 7. The van der Waals surface area contributed by atoms with Crippen molar-refractivity contribution in [3.05, 3.63) is 72.1 Å². The Kier molecular flexibility index (Phi) is 14.8. The molecule has 2 aromatic heterocycles. The summed E-state index contributed by atoms with van der Waals surface area (Å²) in [5.74, 6) is -8.01. The Labute approximate surface area is 313 Å². The van der Waals surface area contributed by atoms with Gasteiger partial charge in [0.2, 0.25) is 11.8 Å². The first-order chi connectivity index (χ1) is 26.2. The molecule has 0 aliphatic carbocycles. The number of amides is 2. The molecule has 0 spiro atoms. The summed E-state index contributed by atoms with van der Waals surface area (Å²) in [6, 6.07) is 11.8. The monoisotopic (exact) mass is 765 g/mol. The van der Waals surface area contributed by atoms with Gasteiger partial charge in [-0.2, -0.15) is 0 Å². The zero-order valence-corrected chi connectivity index (χ0v) is 29.6. The topological polar surface area (TPSA) is 286 Å². The fraction of sp³-hybridized carbons (Fsp3) is 0.361. The van der Waals surface area contributed by atoms with Gasteiger partial charge in [-0.15, -0.1) is 0 Å². The highest BCUT2D eigenvalue weighted by Gasteiger charge is 2.26. The molecule has 2 atom stereocenters. The zero-order valence-electron chi connectivity index (χ0n) is 29.6. The van der Waals surface area contributed by atoms with Gasteiger partial charge in [-0.25, -0.2) is 9.59 Å². The van der Waals surface area contributed by atoms with E-state index in [1.165, 1.54) is 14.7 Å². The first-order valence-corrected chi connectivity index (χ1v) is 17.1. The van der Waals surface area contributed by atoms with E-state index in [1.807, 2.05) is 24.3 Å². The molecule has 0 aliphatic heterocycles. The maximum Gasteiger partial charge on any atom is 0.326 e. The third-order valence-electron chi connectivity index (χ3n) is 8.74. The Morgan fingerprint density at radius 2 is 0.855 bits per heavy atom. The van der Waals surface area contributed by atoms with Crippen molar-refractivity contribution in [2.45, 2.75) is 24.9 Å². The van der Waals surface area contributed by atoms with E-state index in [-0.39, 0.29) is 39.0 Å². The van der Waals surface area contributed by atoms with Crippen LogP contribution in [0, 0.1) is 0 Å². The second kappa shape index (κ2) is 19.7. The van der Waals surface area contributed by atoms with Crippen LogP contribution in [0.2, 0.25) is 0 Å². The average molecular weight is 766 g/mol. The van der Waals surface area contributed by atoms with E-state index >= 15 is 0 Å². The standard InChI is InChI=1S/C36H43N7O12/c44-30(39-28(35(52)53)13-22-15-37-26-7-3-1-5-24(22)26)17-42(20-33(48)49)11-9-41(19-32(46)47)10-12-43(21-34(50)51)18-31(45)40-29(36(54)55)14-23-16-38-27-8-4-2-6-25(23)27/h1-8,15-16,28-29,37-38H,9-14,17-21H2,(H,39,44)(H,40,45)(H,46,47)(H,48,49)(H,50,51)(H,52,53)(H,54,55)/t28-,29+. The van der Waals surface area contributed by atoms with Gasteiger partial charge in [0.1, 0.15) is 12.1 Å². The van der Waals surface area contributed by atoms with E-state index in [4.69, 9.17) is 0 Å². The number of nitrogens with zero attached hydrogens (tertiary/aromatic N) is 3. The Balaban J connectivity index is 1.35. The van der Waals surface area contributed by atoms with E-state index in [2.05, 4.69) is 20.6 Å². The van der Waals surface area contributed by atoms with Crippen LogP contribution < -0.4 is 10.6 Å². The van der Waals surface area contributed by atoms with Gasteiger partial charge < -0.3 is 46.1 Å². The summed E-state index contributed by atoms with van der Waals surface area (Å²) in [7, 11) is 0. The number of carboxylic acid groups (broad SMARTS) is 5. The summed E-state index contributed by atoms with van der Waals surface area (Å²) in [5.41, 5.74) is 2.86. The minimum Gasteiger partial charge on any atom is -0.480 e. The molecule has 19 nitrogen and oxygen atoms in total.